The summed E-state index contributed by atoms with van der Waals surface area (Å²) in [5, 5.41) is 16.7. The lowest BCUT2D eigenvalue weighted by atomic mass is 9.93. The van der Waals surface area contributed by atoms with Gasteiger partial charge in [-0.3, -0.25) is 4.79 Å². The zero-order valence-corrected chi connectivity index (χ0v) is 21.1. The van der Waals surface area contributed by atoms with Crippen molar-refractivity contribution in [3.8, 4) is 5.75 Å². The summed E-state index contributed by atoms with van der Waals surface area (Å²) in [6, 6.07) is 5.63. The molecule has 2 aliphatic rings. The average molecular weight is 504 g/mol. The van der Waals surface area contributed by atoms with E-state index in [1.807, 2.05) is 23.1 Å². The molecule has 3 N–H and O–H groups in total. The van der Waals surface area contributed by atoms with Crippen LogP contribution in [0.25, 0.3) is 0 Å². The van der Waals surface area contributed by atoms with Crippen LogP contribution in [0.3, 0.4) is 0 Å². The molecule has 0 spiro atoms. The van der Waals surface area contributed by atoms with Gasteiger partial charge in [0, 0.05) is 32.4 Å². The maximum atomic E-state index is 13.2. The number of nitrogens with zero attached hydrogens (tertiary/aromatic N) is 3. The number of rotatable bonds is 9. The third kappa shape index (κ3) is 6.15. The van der Waals surface area contributed by atoms with Crippen LogP contribution in [0.1, 0.15) is 54.4 Å². The van der Waals surface area contributed by atoms with Gasteiger partial charge < -0.3 is 30.1 Å². The number of amides is 1. The van der Waals surface area contributed by atoms with Crippen molar-refractivity contribution in [1.29, 1.82) is 0 Å². The minimum atomic E-state index is -0.201. The largest absolute Gasteiger partial charge is 0.495 e. The van der Waals surface area contributed by atoms with E-state index in [2.05, 4.69) is 15.6 Å². The third-order valence-electron chi connectivity index (χ3n) is 6.88. The van der Waals surface area contributed by atoms with Gasteiger partial charge >= 0.3 is 0 Å². The van der Waals surface area contributed by atoms with Crippen molar-refractivity contribution in [1.82, 2.24) is 15.3 Å². The van der Waals surface area contributed by atoms with Gasteiger partial charge in [-0.05, 0) is 56.2 Å². The van der Waals surface area contributed by atoms with Gasteiger partial charge in [-0.25, -0.2) is 4.98 Å². The van der Waals surface area contributed by atoms with Crippen LogP contribution in [-0.4, -0.2) is 66.5 Å². The van der Waals surface area contributed by atoms with Crippen molar-refractivity contribution < 1.29 is 19.4 Å². The molecular weight excluding hydrogens is 470 g/mol. The molecule has 1 aliphatic heterocycles. The van der Waals surface area contributed by atoms with Crippen LogP contribution in [0.4, 0.5) is 11.8 Å². The van der Waals surface area contributed by atoms with Gasteiger partial charge in [0.1, 0.15) is 17.1 Å². The van der Waals surface area contributed by atoms with Crippen LogP contribution in [0.2, 0.25) is 5.02 Å². The standard InChI is InChI=1S/C25H34ClN5O4/c1-34-19-8-6-17(7-9-19)29-24(33)20-14-28-25(31-11-3-4-18(31)15-32)30-23(20)27-13-16-5-10-22(35-2)21(26)12-16/h5,10,12,14,17-19,32H,3-4,6-9,11,13,15H2,1-2H3,(H,29,33)(H,27,28,30)/t17?,18-,19?/m0/s1. The second kappa shape index (κ2) is 11.9. The molecule has 1 saturated carbocycles. The van der Waals surface area contributed by atoms with Crippen molar-refractivity contribution in [2.45, 2.75) is 63.3 Å². The van der Waals surface area contributed by atoms with Crippen LogP contribution in [0, 0.1) is 0 Å². The molecular formula is C25H34ClN5O4. The topological polar surface area (TPSA) is 109 Å². The number of nitrogens with one attached hydrogen (secondary N) is 2. The molecule has 4 rings (SSSR count). The van der Waals surface area contributed by atoms with Gasteiger partial charge in [0.25, 0.3) is 5.91 Å². The fourth-order valence-corrected chi connectivity index (χ4v) is 5.09. The molecule has 1 aromatic carbocycles. The molecule has 2 aromatic rings. The molecule has 10 heteroatoms. The first-order valence-electron chi connectivity index (χ1n) is 12.2. The van der Waals surface area contributed by atoms with Crippen molar-refractivity contribution in [3.05, 3.63) is 40.5 Å². The van der Waals surface area contributed by atoms with Gasteiger partial charge in [0.05, 0.1) is 30.9 Å². The monoisotopic (exact) mass is 503 g/mol. The SMILES string of the molecule is COc1ccc(CNc2nc(N3CCC[C@H]3CO)ncc2C(=O)NC2CCC(OC)CC2)cc1Cl. The Labute approximate surface area is 211 Å². The Morgan fingerprint density at radius 2 is 2.03 bits per heavy atom. The fourth-order valence-electron chi connectivity index (χ4n) is 4.81. The van der Waals surface area contributed by atoms with Gasteiger partial charge in [-0.15, -0.1) is 0 Å². The van der Waals surface area contributed by atoms with E-state index in [4.69, 9.17) is 26.1 Å². The summed E-state index contributed by atoms with van der Waals surface area (Å²) in [5.41, 5.74) is 1.32. The van der Waals surface area contributed by atoms with E-state index in [1.54, 1.807) is 20.4 Å². The number of halogens is 1. The first-order chi connectivity index (χ1) is 17.0. The number of aromatic nitrogens is 2. The van der Waals surface area contributed by atoms with Crippen LogP contribution in [0.5, 0.6) is 5.75 Å². The highest BCUT2D eigenvalue weighted by molar-refractivity contribution is 6.32. The summed E-state index contributed by atoms with van der Waals surface area (Å²) in [4.78, 5) is 24.5. The molecule has 0 bridgehead atoms. The number of ether oxygens (including phenoxy) is 2. The number of benzene rings is 1. The second-order valence-electron chi connectivity index (χ2n) is 9.11. The van der Waals surface area contributed by atoms with Crippen molar-refractivity contribution in [2.75, 3.05) is 37.6 Å². The first kappa shape index (κ1) is 25.5. The van der Waals surface area contributed by atoms with E-state index in [9.17, 15) is 9.90 Å². The molecule has 35 heavy (non-hydrogen) atoms. The quantitative estimate of drug-likeness (QED) is 0.477. The Balaban J connectivity index is 1.53. The average Bonchev–Trinajstić information content (AvgIpc) is 3.37. The van der Waals surface area contributed by atoms with E-state index in [-0.39, 0.29) is 30.7 Å². The lowest BCUT2D eigenvalue weighted by Gasteiger charge is -2.28. The molecule has 2 fully saturated rings. The number of hydrogen-bond donors (Lipinski definition) is 3. The van der Waals surface area contributed by atoms with Gasteiger partial charge in [0.15, 0.2) is 0 Å². The molecule has 2 heterocycles. The van der Waals surface area contributed by atoms with E-state index in [0.29, 0.717) is 34.6 Å². The maximum Gasteiger partial charge on any atom is 0.256 e. The van der Waals surface area contributed by atoms with Crippen molar-refractivity contribution >= 4 is 29.3 Å². The highest BCUT2D eigenvalue weighted by atomic mass is 35.5. The normalized spacial score (nSPS) is 22.2. The minimum absolute atomic E-state index is 0.0149. The Hall–Kier alpha value is -2.62. The number of anilines is 2. The predicted molar refractivity (Wildman–Crippen MR) is 135 cm³/mol. The van der Waals surface area contributed by atoms with Crippen molar-refractivity contribution in [2.24, 2.45) is 0 Å². The Morgan fingerprint density at radius 3 is 2.71 bits per heavy atom. The number of methoxy groups -OCH3 is 2. The van der Waals surface area contributed by atoms with Crippen molar-refractivity contribution in [3.63, 3.8) is 0 Å². The molecule has 1 amide bonds. The zero-order valence-electron chi connectivity index (χ0n) is 20.3. The highest BCUT2D eigenvalue weighted by Gasteiger charge is 2.28. The minimum Gasteiger partial charge on any atom is -0.495 e. The zero-order chi connectivity index (χ0) is 24.8. The van der Waals surface area contributed by atoms with Gasteiger partial charge in [-0.2, -0.15) is 4.98 Å². The lowest BCUT2D eigenvalue weighted by Crippen LogP contribution is -2.39. The van der Waals surface area contributed by atoms with Crippen LogP contribution < -0.4 is 20.3 Å². The summed E-state index contributed by atoms with van der Waals surface area (Å²) >= 11 is 6.28. The molecule has 1 aromatic heterocycles. The molecule has 9 nitrogen and oxygen atoms in total. The Morgan fingerprint density at radius 1 is 1.23 bits per heavy atom. The lowest BCUT2D eigenvalue weighted by molar-refractivity contribution is 0.0599. The summed E-state index contributed by atoms with van der Waals surface area (Å²) < 4.78 is 10.7. The number of aliphatic hydroxyl groups excluding tert-OH is 1. The molecule has 1 atom stereocenters. The van der Waals surface area contributed by atoms with Gasteiger partial charge in [-0.1, -0.05) is 17.7 Å². The molecule has 1 aliphatic carbocycles. The molecule has 0 radical (unpaired) electrons. The Bertz CT molecular complexity index is 1020. The molecule has 1 saturated heterocycles. The van der Waals surface area contributed by atoms with E-state index in [1.165, 1.54) is 0 Å². The number of carbonyl (C=O) groups is 1. The predicted octanol–water partition coefficient (Wildman–Crippen LogP) is 3.40. The summed E-state index contributed by atoms with van der Waals surface area (Å²) in [6.07, 6.45) is 7.31. The summed E-state index contributed by atoms with van der Waals surface area (Å²) in [5.74, 6) is 1.36. The van der Waals surface area contributed by atoms with Crippen LogP contribution >= 0.6 is 11.6 Å². The first-order valence-corrected chi connectivity index (χ1v) is 12.5. The van der Waals surface area contributed by atoms with Crippen LogP contribution in [-0.2, 0) is 11.3 Å². The number of aliphatic hydroxyl groups is 1. The van der Waals surface area contributed by atoms with E-state index in [0.717, 1.165) is 50.6 Å². The van der Waals surface area contributed by atoms with E-state index >= 15 is 0 Å². The molecule has 190 valence electrons. The summed E-state index contributed by atoms with van der Waals surface area (Å²) in [7, 11) is 3.31. The Kier molecular flexibility index (Phi) is 8.64. The number of carbonyl (C=O) groups excluding carboxylic acids is 1. The third-order valence-corrected chi connectivity index (χ3v) is 7.18. The highest BCUT2D eigenvalue weighted by Crippen LogP contribution is 2.28. The summed E-state index contributed by atoms with van der Waals surface area (Å²) in [6.45, 7) is 1.23. The smallest absolute Gasteiger partial charge is 0.256 e. The van der Waals surface area contributed by atoms with Crippen LogP contribution in [0.15, 0.2) is 24.4 Å². The van der Waals surface area contributed by atoms with E-state index < -0.39 is 0 Å². The second-order valence-corrected chi connectivity index (χ2v) is 9.52. The van der Waals surface area contributed by atoms with Gasteiger partial charge in [0.2, 0.25) is 5.95 Å². The fraction of sp³-hybridized carbons (Fsp3) is 0.560. The molecule has 0 unspecified atom stereocenters. The number of hydrogen-bond acceptors (Lipinski definition) is 8. The maximum absolute atomic E-state index is 13.2.